The van der Waals surface area contributed by atoms with Gasteiger partial charge in [0, 0.05) is 6.61 Å². The van der Waals surface area contributed by atoms with Crippen LogP contribution in [0.3, 0.4) is 0 Å². The Labute approximate surface area is 92.5 Å². The molecule has 0 saturated carbocycles. The van der Waals surface area contributed by atoms with Crippen molar-refractivity contribution in [2.24, 2.45) is 0 Å². The Hall–Kier alpha value is -0.830. The number of hydrogen-bond acceptors (Lipinski definition) is 3. The average molecular weight is 214 g/mol. The number of carbonyl (C=O) groups excluding carboxylic acids is 1. The second-order valence-corrected chi connectivity index (χ2v) is 3.50. The molecule has 3 nitrogen and oxygen atoms in total. The number of ether oxygens (including phenoxy) is 2. The van der Waals surface area contributed by atoms with Gasteiger partial charge in [-0.15, -0.1) is 0 Å². The van der Waals surface area contributed by atoms with E-state index >= 15 is 0 Å². The third-order valence-electron chi connectivity index (χ3n) is 1.94. The van der Waals surface area contributed by atoms with Crippen LogP contribution < -0.4 is 0 Å². The molecular formula is C12H22O3. The van der Waals surface area contributed by atoms with Crippen LogP contribution in [-0.2, 0) is 14.3 Å². The van der Waals surface area contributed by atoms with Gasteiger partial charge in [-0.3, -0.25) is 0 Å². The third-order valence-corrected chi connectivity index (χ3v) is 1.94. The van der Waals surface area contributed by atoms with Gasteiger partial charge in [-0.05, 0) is 12.8 Å². The fourth-order valence-corrected chi connectivity index (χ4v) is 0.912. The lowest BCUT2D eigenvalue weighted by Gasteiger charge is -2.07. The highest BCUT2D eigenvalue weighted by molar-refractivity contribution is 5.87. The number of hydrogen-bond donors (Lipinski definition) is 0. The van der Waals surface area contributed by atoms with Crippen molar-refractivity contribution < 1.29 is 14.3 Å². The van der Waals surface area contributed by atoms with Crippen molar-refractivity contribution in [2.45, 2.75) is 39.5 Å². The molecule has 0 N–H and O–H groups in total. The van der Waals surface area contributed by atoms with Gasteiger partial charge in [0.05, 0.1) is 18.8 Å². The predicted octanol–water partition coefficient (Wildman–Crippen LogP) is 2.70. The number of unbranched alkanes of at least 4 members (excludes halogenated alkanes) is 2. The lowest BCUT2D eigenvalue weighted by Crippen LogP contribution is -2.13. The van der Waals surface area contributed by atoms with Gasteiger partial charge in [0.15, 0.2) is 0 Å². The van der Waals surface area contributed by atoms with E-state index in [1.165, 1.54) is 0 Å². The summed E-state index contributed by atoms with van der Waals surface area (Å²) in [5.41, 5.74) is 0.405. The summed E-state index contributed by atoms with van der Waals surface area (Å²) in [5.74, 6) is -0.333. The smallest absolute Gasteiger partial charge is 0.335 e. The Bertz CT molecular complexity index is 187. The maximum atomic E-state index is 11.3. The molecule has 15 heavy (non-hydrogen) atoms. The molecule has 0 radical (unpaired) electrons. The van der Waals surface area contributed by atoms with Gasteiger partial charge in [0.1, 0.15) is 0 Å². The molecule has 0 aliphatic carbocycles. The zero-order valence-electron chi connectivity index (χ0n) is 9.88. The van der Waals surface area contributed by atoms with E-state index in [9.17, 15) is 4.79 Å². The minimum Gasteiger partial charge on any atom is -0.462 e. The lowest BCUT2D eigenvalue weighted by molar-refractivity contribution is -0.139. The van der Waals surface area contributed by atoms with Crippen molar-refractivity contribution in [3.8, 4) is 0 Å². The second-order valence-electron chi connectivity index (χ2n) is 3.50. The number of rotatable bonds is 9. The van der Waals surface area contributed by atoms with Crippen LogP contribution >= 0.6 is 0 Å². The topological polar surface area (TPSA) is 35.5 Å². The molecule has 0 atom stereocenters. The van der Waals surface area contributed by atoms with E-state index in [0.717, 1.165) is 25.7 Å². The Balaban J connectivity index is 3.47. The maximum Gasteiger partial charge on any atom is 0.335 e. The molecule has 0 saturated heterocycles. The van der Waals surface area contributed by atoms with Crippen molar-refractivity contribution in [1.82, 2.24) is 0 Å². The standard InChI is InChI=1S/C12H22O3/c1-4-6-8-14-10-11(3)12(13)15-9-7-5-2/h3-10H2,1-2H3. The fraction of sp³-hybridized carbons (Fsp3) is 0.750. The molecule has 0 aliphatic rings. The summed E-state index contributed by atoms with van der Waals surface area (Å²) in [7, 11) is 0. The molecule has 3 heteroatoms. The highest BCUT2D eigenvalue weighted by Gasteiger charge is 2.07. The Morgan fingerprint density at radius 3 is 2.33 bits per heavy atom. The largest absolute Gasteiger partial charge is 0.462 e. The summed E-state index contributed by atoms with van der Waals surface area (Å²) in [4.78, 5) is 11.3. The zero-order valence-corrected chi connectivity index (χ0v) is 9.88. The highest BCUT2D eigenvalue weighted by Crippen LogP contribution is 1.99. The molecule has 0 spiro atoms. The molecule has 0 aromatic carbocycles. The zero-order chi connectivity index (χ0) is 11.5. The van der Waals surface area contributed by atoms with E-state index in [2.05, 4.69) is 20.4 Å². The molecule has 0 amide bonds. The van der Waals surface area contributed by atoms with Gasteiger partial charge in [-0.2, -0.15) is 0 Å². The van der Waals surface area contributed by atoms with Crippen molar-refractivity contribution in [3.63, 3.8) is 0 Å². The predicted molar refractivity (Wildman–Crippen MR) is 60.7 cm³/mol. The Morgan fingerprint density at radius 1 is 1.13 bits per heavy atom. The van der Waals surface area contributed by atoms with E-state index in [-0.39, 0.29) is 12.6 Å². The lowest BCUT2D eigenvalue weighted by atomic mass is 10.3. The molecule has 0 aromatic rings. The van der Waals surface area contributed by atoms with Gasteiger partial charge >= 0.3 is 5.97 Å². The second kappa shape index (κ2) is 9.71. The minimum absolute atomic E-state index is 0.283. The summed E-state index contributed by atoms with van der Waals surface area (Å²) in [5, 5.41) is 0. The molecule has 0 fully saturated rings. The van der Waals surface area contributed by atoms with Crippen LogP contribution in [0, 0.1) is 0 Å². The van der Waals surface area contributed by atoms with E-state index in [4.69, 9.17) is 9.47 Å². The van der Waals surface area contributed by atoms with Crippen molar-refractivity contribution >= 4 is 5.97 Å². The monoisotopic (exact) mass is 214 g/mol. The SMILES string of the molecule is C=C(COCCCC)C(=O)OCCCC. The van der Waals surface area contributed by atoms with Gasteiger partial charge < -0.3 is 9.47 Å². The summed E-state index contributed by atoms with van der Waals surface area (Å²) < 4.78 is 10.2. The van der Waals surface area contributed by atoms with Crippen LogP contribution in [0.15, 0.2) is 12.2 Å². The molecule has 0 bridgehead atoms. The first-order valence-corrected chi connectivity index (χ1v) is 5.65. The first kappa shape index (κ1) is 14.2. The molecule has 0 rings (SSSR count). The van der Waals surface area contributed by atoms with Crippen LogP contribution in [-0.4, -0.2) is 25.8 Å². The third kappa shape index (κ3) is 8.18. The molecular weight excluding hydrogens is 192 g/mol. The van der Waals surface area contributed by atoms with E-state index in [0.29, 0.717) is 18.8 Å². The summed E-state index contributed by atoms with van der Waals surface area (Å²) in [6.07, 6.45) is 4.02. The summed E-state index contributed by atoms with van der Waals surface area (Å²) >= 11 is 0. The van der Waals surface area contributed by atoms with E-state index < -0.39 is 0 Å². The van der Waals surface area contributed by atoms with Crippen LogP contribution in [0.4, 0.5) is 0 Å². The summed E-state index contributed by atoms with van der Waals surface area (Å²) in [6.45, 7) is 9.21. The maximum absolute atomic E-state index is 11.3. The molecule has 0 heterocycles. The van der Waals surface area contributed by atoms with Crippen molar-refractivity contribution in [3.05, 3.63) is 12.2 Å². The summed E-state index contributed by atoms with van der Waals surface area (Å²) in [6, 6.07) is 0. The number of carbonyl (C=O) groups is 1. The molecule has 0 aromatic heterocycles. The van der Waals surface area contributed by atoms with Gasteiger partial charge in [-0.25, -0.2) is 4.79 Å². The average Bonchev–Trinajstić information content (AvgIpc) is 2.24. The molecule has 0 aliphatic heterocycles. The van der Waals surface area contributed by atoms with E-state index in [1.807, 2.05) is 0 Å². The van der Waals surface area contributed by atoms with Crippen LogP contribution in [0.25, 0.3) is 0 Å². The van der Waals surface area contributed by atoms with E-state index in [1.54, 1.807) is 0 Å². The first-order valence-electron chi connectivity index (χ1n) is 5.65. The Morgan fingerprint density at radius 2 is 1.73 bits per heavy atom. The normalized spacial score (nSPS) is 10.0. The highest BCUT2D eigenvalue weighted by atomic mass is 16.5. The Kier molecular flexibility index (Phi) is 9.18. The van der Waals surface area contributed by atoms with Crippen LogP contribution in [0.2, 0.25) is 0 Å². The molecule has 88 valence electrons. The van der Waals surface area contributed by atoms with Crippen LogP contribution in [0.1, 0.15) is 39.5 Å². The van der Waals surface area contributed by atoms with Gasteiger partial charge in [-0.1, -0.05) is 33.3 Å². The number of esters is 1. The van der Waals surface area contributed by atoms with Crippen LogP contribution in [0.5, 0.6) is 0 Å². The quantitative estimate of drug-likeness (QED) is 0.336. The minimum atomic E-state index is -0.333. The van der Waals surface area contributed by atoms with Crippen molar-refractivity contribution in [2.75, 3.05) is 19.8 Å². The van der Waals surface area contributed by atoms with Gasteiger partial charge in [0.25, 0.3) is 0 Å². The fourth-order valence-electron chi connectivity index (χ4n) is 0.912. The first-order chi connectivity index (χ1) is 7.22. The van der Waals surface area contributed by atoms with Gasteiger partial charge in [0.2, 0.25) is 0 Å². The molecule has 0 unspecified atom stereocenters. The van der Waals surface area contributed by atoms with Crippen molar-refractivity contribution in [1.29, 1.82) is 0 Å².